The number of dihydropyridines is 1. The predicted molar refractivity (Wildman–Crippen MR) is 278 cm³/mol. The van der Waals surface area contributed by atoms with E-state index in [1.807, 2.05) is 41.4 Å². The Morgan fingerprint density at radius 2 is 1.93 bits per heavy atom. The fraction of sp³-hybridized carbons (Fsp3) is 0.500. The molecule has 2 aromatic rings. The minimum Gasteiger partial charge on any atom is -0.455 e. The van der Waals surface area contributed by atoms with Crippen molar-refractivity contribution in [1.29, 1.82) is 10.7 Å². The lowest BCUT2D eigenvalue weighted by molar-refractivity contribution is -0.369. The van der Waals surface area contributed by atoms with Gasteiger partial charge >= 0.3 is 6.03 Å². The molecule has 3 aliphatic carbocycles. The van der Waals surface area contributed by atoms with Gasteiger partial charge in [-0.15, -0.1) is 6.58 Å². The number of unbranched alkanes of at least 4 members (excludes halogenated alkanes) is 1. The molecule has 12 nitrogen and oxygen atoms in total. The average Bonchev–Trinajstić information content (AvgIpc) is 4.06. The number of carbonyl (C=O) groups is 3. The average molecular weight is 950 g/mol. The van der Waals surface area contributed by atoms with Crippen LogP contribution in [0.4, 0.5) is 4.79 Å². The largest absolute Gasteiger partial charge is 0.497 e. The number of amides is 2. The number of hydrogen-bond donors (Lipinski definition) is 3. The van der Waals surface area contributed by atoms with Gasteiger partial charge in [0.2, 0.25) is 0 Å². The third kappa shape index (κ3) is 12.8. The van der Waals surface area contributed by atoms with E-state index < -0.39 is 6.23 Å². The molecule has 0 aromatic carbocycles. The Balaban J connectivity index is 0.857. The number of urea groups is 1. The second kappa shape index (κ2) is 23.7. The molecule has 0 bridgehead atoms. The molecule has 3 N–H and O–H groups in total. The van der Waals surface area contributed by atoms with Gasteiger partial charge in [0.05, 0.1) is 38.0 Å². The second-order valence-electron chi connectivity index (χ2n) is 20.4. The number of rotatable bonds is 27. The number of piperidine rings is 1. The summed E-state index contributed by atoms with van der Waals surface area (Å²) in [6, 6.07) is 5.64. The maximum atomic E-state index is 13.7. The molecule has 370 valence electrons. The van der Waals surface area contributed by atoms with Crippen molar-refractivity contribution in [2.45, 2.75) is 122 Å². The summed E-state index contributed by atoms with van der Waals surface area (Å²) in [5, 5.41) is 31.7. The Bertz CT molecular complexity index is 2520. The molecule has 2 saturated carbocycles. The summed E-state index contributed by atoms with van der Waals surface area (Å²) >= 11 is 0. The van der Waals surface area contributed by atoms with Gasteiger partial charge in [-0.3, -0.25) is 19.9 Å². The SMILES string of the molecule is C=CCC(CC(=O)c1cc(C=CCC(=C)c2cc(C(O)NCC3CC3(CCC)CCCCC(=O)CC3=NCCC=C3)oc2C=N)c(C=C)o1)CC1CC12CCN(C(=O)[N+](=C)C1=CCC(C#N)C=C1)CC2. The lowest BCUT2D eigenvalue weighted by atomic mass is 9.85. The highest BCUT2D eigenvalue weighted by atomic mass is 16.4. The molecule has 3 fully saturated rings. The molecule has 2 aromatic heterocycles. The summed E-state index contributed by atoms with van der Waals surface area (Å²) in [7, 11) is 0. The Kier molecular flexibility index (Phi) is 17.6. The molecule has 5 aliphatic rings. The number of nitrogens with one attached hydrogen (secondary N) is 2. The number of hydrogen-bond acceptors (Lipinski definition) is 10. The molecule has 1 saturated heterocycles. The lowest BCUT2D eigenvalue weighted by Crippen LogP contribution is -2.43. The third-order valence-electron chi connectivity index (χ3n) is 15.6. The fourth-order valence-corrected chi connectivity index (χ4v) is 11.3. The van der Waals surface area contributed by atoms with Crippen molar-refractivity contribution in [1.82, 2.24) is 10.2 Å². The molecule has 1 spiro atoms. The van der Waals surface area contributed by atoms with Gasteiger partial charge in [-0.2, -0.15) is 14.6 Å². The van der Waals surface area contributed by atoms with Crippen LogP contribution in [0, 0.1) is 51.2 Å². The number of Topliss-reactive ketones (excluding diaryl/α,β-unsaturated/α-hetero) is 2. The van der Waals surface area contributed by atoms with E-state index >= 15 is 0 Å². The number of furan rings is 2. The number of aliphatic hydroxyl groups is 1. The first-order valence-corrected chi connectivity index (χ1v) is 25.5. The van der Waals surface area contributed by atoms with E-state index in [4.69, 9.17) is 14.2 Å². The summed E-state index contributed by atoms with van der Waals surface area (Å²) in [5.41, 5.74) is 4.13. The van der Waals surface area contributed by atoms with E-state index in [1.54, 1.807) is 24.3 Å². The second-order valence-corrected chi connectivity index (χ2v) is 20.4. The number of allylic oxidation sites excluding steroid dienone is 7. The monoisotopic (exact) mass is 950 g/mol. The molecule has 7 rings (SSSR count). The van der Waals surface area contributed by atoms with Crippen molar-refractivity contribution in [3.63, 3.8) is 0 Å². The van der Waals surface area contributed by atoms with Crippen molar-refractivity contribution in [2.24, 2.45) is 39.5 Å². The van der Waals surface area contributed by atoms with Gasteiger partial charge < -0.3 is 19.4 Å². The molecule has 2 amide bonds. The summed E-state index contributed by atoms with van der Waals surface area (Å²) in [6.07, 6.45) is 31.2. The van der Waals surface area contributed by atoms with Crippen molar-refractivity contribution in [3.05, 3.63) is 114 Å². The Hall–Kier alpha value is -6.03. The van der Waals surface area contributed by atoms with E-state index in [9.17, 15) is 24.8 Å². The van der Waals surface area contributed by atoms with Crippen LogP contribution in [0.3, 0.4) is 0 Å². The van der Waals surface area contributed by atoms with Crippen molar-refractivity contribution in [3.8, 4) is 6.07 Å². The topological polar surface area (TPSA) is 176 Å². The molecule has 6 atom stereocenters. The van der Waals surface area contributed by atoms with Gasteiger partial charge in [0.25, 0.3) is 0 Å². The molecule has 2 aliphatic heterocycles. The van der Waals surface area contributed by atoms with E-state index in [-0.39, 0.29) is 40.3 Å². The van der Waals surface area contributed by atoms with Gasteiger partial charge in [-0.1, -0.05) is 63.3 Å². The van der Waals surface area contributed by atoms with Crippen molar-refractivity contribution < 1.29 is 32.9 Å². The van der Waals surface area contributed by atoms with E-state index in [2.05, 4.69) is 55.8 Å². The smallest absolute Gasteiger partial charge is 0.455 e. The molecular formula is C58H73N6O6+. The quantitative estimate of drug-likeness (QED) is 0.0198. The van der Waals surface area contributed by atoms with Gasteiger partial charge in [-0.25, -0.2) is 4.90 Å². The minimum atomic E-state index is -1.04. The number of ketones is 2. The number of aliphatic imine (C=N–C) groups is 1. The first kappa shape index (κ1) is 51.8. The molecule has 70 heavy (non-hydrogen) atoms. The van der Waals surface area contributed by atoms with E-state index in [1.165, 1.54) is 4.58 Å². The first-order chi connectivity index (χ1) is 33.8. The first-order valence-electron chi connectivity index (χ1n) is 25.5. The summed E-state index contributed by atoms with van der Waals surface area (Å²) in [6.45, 7) is 21.2. The Labute approximate surface area is 414 Å². The number of nitriles is 1. The number of carbonyl (C=O) groups excluding carboxylic acids is 3. The van der Waals surface area contributed by atoms with E-state index in [0.29, 0.717) is 97.8 Å². The fourth-order valence-electron chi connectivity index (χ4n) is 11.3. The summed E-state index contributed by atoms with van der Waals surface area (Å²) in [4.78, 5) is 45.9. The standard InChI is InChI=1S/C58H73N6O6/c1-6-14-42(30-44-35-58(44)25-28-64(29-26-58)56(68)63(5)47-21-19-41(37-59)20-22-47)31-50(66)52-32-43(51(8-3)69-52)16-13-15-40(4)49-34-53(70-54(49)38-60)55(67)62-39-45-36-57(45,23-7-2)24-11-9-18-48(65)33-46-17-10-12-27-61-46/h6,8,10,13,16-17,19,21-22,32,34,38,41-42,44-45,55,60,62,67H,1,3-5,7,9,11-12,14-15,18,20,23-31,33,35-36,39H2,2H3/q+1. The molecule has 6 unspecified atom stereocenters. The predicted octanol–water partition coefficient (Wildman–Crippen LogP) is 12.0. The molecular weight excluding hydrogens is 877 g/mol. The van der Waals surface area contributed by atoms with Crippen LogP contribution in [0.1, 0.15) is 161 Å². The van der Waals surface area contributed by atoms with Crippen LogP contribution in [0.5, 0.6) is 0 Å². The van der Waals surface area contributed by atoms with Gasteiger partial charge in [0.1, 0.15) is 23.0 Å². The third-order valence-corrected chi connectivity index (χ3v) is 15.6. The van der Waals surface area contributed by atoms with Crippen molar-refractivity contribution in [2.75, 3.05) is 26.2 Å². The van der Waals surface area contributed by atoms with Crippen LogP contribution in [-0.4, -0.2) is 77.0 Å². The number of likely N-dealkylation sites (tertiary alicyclic amines) is 1. The van der Waals surface area contributed by atoms with Crippen LogP contribution in [-0.2, 0) is 4.79 Å². The maximum absolute atomic E-state index is 13.7. The van der Waals surface area contributed by atoms with E-state index in [0.717, 1.165) is 107 Å². The number of nitrogens with zero attached hydrogens (tertiary/aromatic N) is 4. The van der Waals surface area contributed by atoms with Gasteiger partial charge in [0.15, 0.2) is 23.5 Å². The highest BCUT2D eigenvalue weighted by Crippen LogP contribution is 2.62. The van der Waals surface area contributed by atoms with Crippen LogP contribution >= 0.6 is 0 Å². The normalized spacial score (nSPS) is 23.0. The van der Waals surface area contributed by atoms with Crippen LogP contribution in [0.2, 0.25) is 0 Å². The summed E-state index contributed by atoms with van der Waals surface area (Å²) < 4.78 is 13.4. The minimum absolute atomic E-state index is 0.0640. The van der Waals surface area contributed by atoms with Gasteiger partial charge in [0, 0.05) is 49.2 Å². The van der Waals surface area contributed by atoms with Crippen molar-refractivity contribution >= 4 is 54.0 Å². The van der Waals surface area contributed by atoms with Crippen LogP contribution < -0.4 is 5.32 Å². The molecule has 0 radical (unpaired) electrons. The molecule has 4 heterocycles. The highest BCUT2D eigenvalue weighted by molar-refractivity contribution is 6.08. The lowest BCUT2D eigenvalue weighted by Gasteiger charge is -2.29. The molecule has 12 heteroatoms. The van der Waals surface area contributed by atoms with Crippen LogP contribution in [0.15, 0.2) is 93.9 Å². The zero-order chi connectivity index (χ0) is 49.8. The Morgan fingerprint density at radius 1 is 1.11 bits per heavy atom. The zero-order valence-corrected chi connectivity index (χ0v) is 41.3. The zero-order valence-electron chi connectivity index (χ0n) is 41.3. The van der Waals surface area contributed by atoms with Crippen LogP contribution in [0.25, 0.3) is 17.7 Å². The summed E-state index contributed by atoms with van der Waals surface area (Å²) in [5.74, 6) is 2.51. The maximum Gasteiger partial charge on any atom is 0.497 e. The highest BCUT2D eigenvalue weighted by Gasteiger charge is 2.57. The Morgan fingerprint density at radius 3 is 2.61 bits per heavy atom. The number of aliphatic hydroxyl groups excluding tert-OH is 1. The van der Waals surface area contributed by atoms with Gasteiger partial charge in [-0.05, 0) is 148 Å².